The van der Waals surface area contributed by atoms with Gasteiger partial charge in [0, 0.05) is 18.3 Å². The number of rotatable bonds is 4. The van der Waals surface area contributed by atoms with E-state index in [1.165, 1.54) is 0 Å². The number of hydrogen-bond acceptors (Lipinski definition) is 4. The second-order valence-electron chi connectivity index (χ2n) is 5.77. The van der Waals surface area contributed by atoms with Gasteiger partial charge in [0.1, 0.15) is 0 Å². The lowest BCUT2D eigenvalue weighted by molar-refractivity contribution is 0.0527. The molecule has 1 atom stereocenters. The average molecular weight is 311 g/mol. The molecule has 1 aliphatic heterocycles. The van der Waals surface area contributed by atoms with Crippen LogP contribution in [0.5, 0.6) is 0 Å². The lowest BCUT2D eigenvalue weighted by Gasteiger charge is -2.32. The van der Waals surface area contributed by atoms with Gasteiger partial charge >= 0.3 is 5.97 Å². The highest BCUT2D eigenvalue weighted by atomic mass is 35.5. The molecule has 0 spiro atoms. The topological polar surface area (TPSA) is 55.6 Å². The molecule has 1 aromatic rings. The van der Waals surface area contributed by atoms with E-state index >= 15 is 0 Å². The van der Waals surface area contributed by atoms with Crippen molar-refractivity contribution in [1.29, 1.82) is 0 Å². The Labute approximate surface area is 131 Å². The van der Waals surface area contributed by atoms with Crippen LogP contribution in [0, 0.1) is 5.92 Å². The van der Waals surface area contributed by atoms with Gasteiger partial charge in [0.15, 0.2) is 0 Å². The Kier molecular flexibility index (Phi) is 4.99. The Bertz CT molecular complexity index is 531. The van der Waals surface area contributed by atoms with Crippen LogP contribution in [0.2, 0.25) is 5.02 Å². The maximum absolute atomic E-state index is 12.2. The van der Waals surface area contributed by atoms with E-state index in [4.69, 9.17) is 22.1 Å². The SMILES string of the molecule is CCOC(=O)c1cc(N)cc(Cl)c1N1CCCC1C(C)C. The monoisotopic (exact) mass is 310 g/mol. The van der Waals surface area contributed by atoms with E-state index in [1.54, 1.807) is 19.1 Å². The predicted octanol–water partition coefficient (Wildman–Crippen LogP) is 3.72. The molecule has 1 saturated heterocycles. The second kappa shape index (κ2) is 6.56. The number of esters is 1. The Morgan fingerprint density at radius 2 is 2.24 bits per heavy atom. The molecule has 5 heteroatoms. The maximum atomic E-state index is 12.2. The number of nitrogens with zero attached hydrogens (tertiary/aromatic N) is 1. The Morgan fingerprint density at radius 3 is 2.86 bits per heavy atom. The van der Waals surface area contributed by atoms with E-state index in [9.17, 15) is 4.79 Å². The molecular formula is C16H23ClN2O2. The van der Waals surface area contributed by atoms with Crippen molar-refractivity contribution in [3.05, 3.63) is 22.7 Å². The minimum atomic E-state index is -0.365. The number of carbonyl (C=O) groups is 1. The number of nitrogen functional groups attached to an aromatic ring is 1. The number of hydrogen-bond donors (Lipinski definition) is 1. The standard InChI is InChI=1S/C16H23ClN2O2/c1-4-21-16(20)12-8-11(18)9-13(17)15(12)19-7-5-6-14(19)10(2)3/h8-10,14H,4-7,18H2,1-3H3. The van der Waals surface area contributed by atoms with E-state index in [0.29, 0.717) is 34.8 Å². The van der Waals surface area contributed by atoms with Crippen LogP contribution in [0.25, 0.3) is 0 Å². The molecule has 0 radical (unpaired) electrons. The van der Waals surface area contributed by atoms with Crippen molar-refractivity contribution in [1.82, 2.24) is 0 Å². The summed E-state index contributed by atoms with van der Waals surface area (Å²) >= 11 is 6.40. The van der Waals surface area contributed by atoms with Crippen LogP contribution >= 0.6 is 11.6 Å². The van der Waals surface area contributed by atoms with Crippen molar-refractivity contribution in [2.24, 2.45) is 5.92 Å². The zero-order chi connectivity index (χ0) is 15.6. The molecule has 2 rings (SSSR count). The quantitative estimate of drug-likeness (QED) is 0.680. The smallest absolute Gasteiger partial charge is 0.340 e. The van der Waals surface area contributed by atoms with E-state index in [-0.39, 0.29) is 5.97 Å². The molecule has 1 fully saturated rings. The third kappa shape index (κ3) is 3.26. The number of halogens is 1. The first-order chi connectivity index (χ1) is 9.95. The van der Waals surface area contributed by atoms with Crippen molar-refractivity contribution in [2.45, 2.75) is 39.7 Å². The molecule has 1 unspecified atom stereocenters. The van der Waals surface area contributed by atoms with Gasteiger partial charge < -0.3 is 15.4 Å². The molecule has 0 saturated carbocycles. The predicted molar refractivity (Wildman–Crippen MR) is 87.0 cm³/mol. The molecule has 1 heterocycles. The van der Waals surface area contributed by atoms with E-state index in [2.05, 4.69) is 18.7 Å². The number of carbonyl (C=O) groups excluding carboxylic acids is 1. The summed E-state index contributed by atoms with van der Waals surface area (Å²) in [6, 6.07) is 3.75. The zero-order valence-corrected chi connectivity index (χ0v) is 13.6. The Morgan fingerprint density at radius 1 is 1.52 bits per heavy atom. The first-order valence-electron chi connectivity index (χ1n) is 7.48. The van der Waals surface area contributed by atoms with Crippen LogP contribution in [0.15, 0.2) is 12.1 Å². The zero-order valence-electron chi connectivity index (χ0n) is 12.9. The molecular weight excluding hydrogens is 288 g/mol. The highest BCUT2D eigenvalue weighted by Gasteiger charge is 2.32. The largest absolute Gasteiger partial charge is 0.462 e. The summed E-state index contributed by atoms with van der Waals surface area (Å²) in [5.74, 6) is 0.132. The van der Waals surface area contributed by atoms with Crippen molar-refractivity contribution in [3.63, 3.8) is 0 Å². The summed E-state index contributed by atoms with van der Waals surface area (Å²) in [5.41, 5.74) is 7.55. The van der Waals surface area contributed by atoms with Crippen LogP contribution in [0.1, 0.15) is 44.0 Å². The molecule has 2 N–H and O–H groups in total. The maximum Gasteiger partial charge on any atom is 0.340 e. The number of nitrogens with two attached hydrogens (primary N) is 1. The van der Waals surface area contributed by atoms with Gasteiger partial charge in [-0.2, -0.15) is 0 Å². The molecule has 116 valence electrons. The summed E-state index contributed by atoms with van der Waals surface area (Å²) in [7, 11) is 0. The fourth-order valence-electron chi connectivity index (χ4n) is 3.04. The van der Waals surface area contributed by atoms with Crippen molar-refractivity contribution in [3.8, 4) is 0 Å². The van der Waals surface area contributed by atoms with Crippen molar-refractivity contribution in [2.75, 3.05) is 23.8 Å². The minimum absolute atomic E-state index is 0.332. The third-order valence-electron chi connectivity index (χ3n) is 3.94. The van der Waals surface area contributed by atoms with Gasteiger partial charge in [-0.3, -0.25) is 0 Å². The van der Waals surface area contributed by atoms with Gasteiger partial charge in [0.05, 0.1) is 22.9 Å². The molecule has 0 amide bonds. The molecule has 21 heavy (non-hydrogen) atoms. The summed E-state index contributed by atoms with van der Waals surface area (Å²) in [6.45, 7) is 7.41. The Hall–Kier alpha value is -1.42. The highest BCUT2D eigenvalue weighted by Crippen LogP contribution is 2.38. The van der Waals surface area contributed by atoms with Gasteiger partial charge in [-0.1, -0.05) is 25.4 Å². The summed E-state index contributed by atoms with van der Waals surface area (Å²) in [6.07, 6.45) is 2.21. The fraction of sp³-hybridized carbons (Fsp3) is 0.562. The lowest BCUT2D eigenvalue weighted by Crippen LogP contribution is -2.34. The second-order valence-corrected chi connectivity index (χ2v) is 6.17. The van der Waals surface area contributed by atoms with Gasteiger partial charge in [0.2, 0.25) is 0 Å². The molecule has 1 aromatic carbocycles. The fourth-order valence-corrected chi connectivity index (χ4v) is 3.38. The first-order valence-corrected chi connectivity index (χ1v) is 7.86. The molecule has 1 aliphatic rings. The minimum Gasteiger partial charge on any atom is -0.462 e. The number of ether oxygens (including phenoxy) is 1. The normalized spacial score (nSPS) is 18.3. The lowest BCUT2D eigenvalue weighted by atomic mass is 10.0. The van der Waals surface area contributed by atoms with Gasteiger partial charge in [-0.05, 0) is 37.8 Å². The Balaban J connectivity index is 2.48. The summed E-state index contributed by atoms with van der Waals surface area (Å²) in [5, 5.41) is 0.519. The number of anilines is 2. The first kappa shape index (κ1) is 16.0. The summed E-state index contributed by atoms with van der Waals surface area (Å²) in [4.78, 5) is 14.5. The summed E-state index contributed by atoms with van der Waals surface area (Å²) < 4.78 is 5.15. The van der Waals surface area contributed by atoms with Crippen molar-refractivity contribution >= 4 is 28.9 Å². The molecule has 4 nitrogen and oxygen atoms in total. The van der Waals surface area contributed by atoms with E-state index in [0.717, 1.165) is 25.1 Å². The average Bonchev–Trinajstić information content (AvgIpc) is 2.87. The van der Waals surface area contributed by atoms with E-state index in [1.807, 2.05) is 0 Å². The van der Waals surface area contributed by atoms with Gasteiger partial charge in [-0.25, -0.2) is 4.79 Å². The van der Waals surface area contributed by atoms with Crippen LogP contribution in [-0.4, -0.2) is 25.2 Å². The van der Waals surface area contributed by atoms with Gasteiger partial charge in [-0.15, -0.1) is 0 Å². The third-order valence-corrected chi connectivity index (χ3v) is 4.23. The molecule has 0 bridgehead atoms. The van der Waals surface area contributed by atoms with Crippen molar-refractivity contribution < 1.29 is 9.53 Å². The van der Waals surface area contributed by atoms with Gasteiger partial charge in [0.25, 0.3) is 0 Å². The van der Waals surface area contributed by atoms with Crippen LogP contribution in [0.4, 0.5) is 11.4 Å². The van der Waals surface area contributed by atoms with Crippen LogP contribution in [-0.2, 0) is 4.74 Å². The molecule has 0 aromatic heterocycles. The highest BCUT2D eigenvalue weighted by molar-refractivity contribution is 6.34. The van der Waals surface area contributed by atoms with Crippen LogP contribution in [0.3, 0.4) is 0 Å². The van der Waals surface area contributed by atoms with E-state index < -0.39 is 0 Å². The number of benzene rings is 1. The molecule has 0 aliphatic carbocycles. The van der Waals surface area contributed by atoms with Crippen LogP contribution < -0.4 is 10.6 Å².